The third kappa shape index (κ3) is 4.93. The third-order valence-corrected chi connectivity index (χ3v) is 7.93. The van der Waals surface area contributed by atoms with Crippen LogP contribution in [0.25, 0.3) is 10.2 Å². The molecule has 1 N–H and O–H groups in total. The van der Waals surface area contributed by atoms with Gasteiger partial charge >= 0.3 is 0 Å². The van der Waals surface area contributed by atoms with Crippen LogP contribution in [0.5, 0.6) is 17.2 Å². The number of methoxy groups -OCH3 is 3. The van der Waals surface area contributed by atoms with Crippen LogP contribution in [0.2, 0.25) is 0 Å². The number of anilines is 1. The van der Waals surface area contributed by atoms with Crippen LogP contribution in [0.15, 0.2) is 70.6 Å². The Labute approximate surface area is 212 Å². The summed E-state index contributed by atoms with van der Waals surface area (Å²) in [7, 11) is 0.806. The van der Waals surface area contributed by atoms with E-state index in [0.29, 0.717) is 28.6 Å². The van der Waals surface area contributed by atoms with Crippen molar-refractivity contribution in [1.82, 2.24) is 4.57 Å². The number of carbonyl (C=O) groups is 1. The minimum Gasteiger partial charge on any atom is -0.497 e. The zero-order valence-corrected chi connectivity index (χ0v) is 21.8. The van der Waals surface area contributed by atoms with Crippen LogP contribution in [0.1, 0.15) is 17.3 Å². The molecule has 0 saturated carbocycles. The molecule has 11 heteroatoms. The molecule has 0 radical (unpaired) electrons. The van der Waals surface area contributed by atoms with Crippen LogP contribution in [0, 0.1) is 0 Å². The van der Waals surface area contributed by atoms with Gasteiger partial charge in [0.1, 0.15) is 27.5 Å². The van der Waals surface area contributed by atoms with E-state index in [2.05, 4.69) is 9.71 Å². The van der Waals surface area contributed by atoms with Gasteiger partial charge in [-0.05, 0) is 61.5 Å². The highest BCUT2D eigenvalue weighted by molar-refractivity contribution is 7.92. The number of amides is 1. The van der Waals surface area contributed by atoms with E-state index in [0.717, 1.165) is 10.2 Å². The van der Waals surface area contributed by atoms with Crippen LogP contribution in [-0.4, -0.2) is 40.2 Å². The summed E-state index contributed by atoms with van der Waals surface area (Å²) in [5.74, 6) is 1.34. The normalized spacial score (nSPS) is 11.9. The zero-order chi connectivity index (χ0) is 25.9. The van der Waals surface area contributed by atoms with Crippen molar-refractivity contribution >= 4 is 43.2 Å². The van der Waals surface area contributed by atoms with Crippen LogP contribution in [-0.2, 0) is 16.6 Å². The summed E-state index contributed by atoms with van der Waals surface area (Å²) in [5, 5.41) is 0. The van der Waals surface area contributed by atoms with Crippen molar-refractivity contribution < 1.29 is 27.4 Å². The van der Waals surface area contributed by atoms with E-state index in [1.165, 1.54) is 36.6 Å². The monoisotopic (exact) mass is 527 g/mol. The molecule has 4 rings (SSSR count). The highest BCUT2D eigenvalue weighted by Gasteiger charge is 2.18. The smallest absolute Gasteiger partial charge is 0.279 e. The number of fused-ring (bicyclic) bond motifs is 1. The van der Waals surface area contributed by atoms with E-state index in [9.17, 15) is 13.2 Å². The molecule has 1 amide bonds. The fraction of sp³-hybridized carbons (Fsp3) is 0.200. The number of ether oxygens (including phenoxy) is 3. The molecular weight excluding hydrogens is 502 g/mol. The quantitative estimate of drug-likeness (QED) is 0.366. The van der Waals surface area contributed by atoms with Gasteiger partial charge in [-0.25, -0.2) is 8.42 Å². The first-order chi connectivity index (χ1) is 17.3. The van der Waals surface area contributed by atoms with Crippen molar-refractivity contribution in [3.8, 4) is 17.2 Å². The molecule has 0 aliphatic heterocycles. The number of carbonyl (C=O) groups excluding carboxylic acids is 1. The van der Waals surface area contributed by atoms with Gasteiger partial charge in [0.2, 0.25) is 0 Å². The average molecular weight is 528 g/mol. The van der Waals surface area contributed by atoms with Crippen LogP contribution in [0.4, 0.5) is 5.69 Å². The predicted octanol–water partition coefficient (Wildman–Crippen LogP) is 4.29. The zero-order valence-electron chi connectivity index (χ0n) is 20.1. The molecule has 0 saturated heterocycles. The molecule has 9 nitrogen and oxygen atoms in total. The molecule has 0 unspecified atom stereocenters. The lowest BCUT2D eigenvalue weighted by Gasteiger charge is -2.09. The second kappa shape index (κ2) is 10.4. The summed E-state index contributed by atoms with van der Waals surface area (Å²) >= 11 is 1.32. The van der Waals surface area contributed by atoms with Crippen molar-refractivity contribution in [3.05, 3.63) is 71.0 Å². The number of hydrogen-bond donors (Lipinski definition) is 1. The lowest BCUT2D eigenvalue weighted by Crippen LogP contribution is -2.16. The summed E-state index contributed by atoms with van der Waals surface area (Å²) in [5.41, 5.74) is 1.27. The first-order valence-corrected chi connectivity index (χ1v) is 13.2. The van der Waals surface area contributed by atoms with Gasteiger partial charge < -0.3 is 18.8 Å². The highest BCUT2D eigenvalue weighted by Crippen LogP contribution is 2.35. The summed E-state index contributed by atoms with van der Waals surface area (Å²) in [6.45, 7) is 2.50. The minimum absolute atomic E-state index is 0.0712. The van der Waals surface area contributed by atoms with Crippen LogP contribution < -0.4 is 23.7 Å². The molecule has 0 atom stereocenters. The summed E-state index contributed by atoms with van der Waals surface area (Å²) < 4.78 is 46.9. The lowest BCUT2D eigenvalue weighted by atomic mass is 10.2. The Kier molecular flexibility index (Phi) is 7.32. The molecule has 0 bridgehead atoms. The van der Waals surface area contributed by atoms with Gasteiger partial charge in [0.15, 0.2) is 4.80 Å². The van der Waals surface area contributed by atoms with Crippen molar-refractivity contribution in [2.75, 3.05) is 26.1 Å². The Morgan fingerprint density at radius 3 is 2.31 bits per heavy atom. The standard InChI is InChI=1S/C25H25N3O6S2/c1-5-28-22-20(33-3)13-14-21(34-4)23(22)35-25(28)26-24(29)16-7-6-8-17(15-16)27-36(30,31)19-11-9-18(32-2)10-12-19/h6-15,27H,5H2,1-4H3. The lowest BCUT2D eigenvalue weighted by molar-refractivity contribution is 0.0998. The molecule has 1 aromatic heterocycles. The van der Waals surface area contributed by atoms with Gasteiger partial charge in [0, 0.05) is 17.8 Å². The minimum atomic E-state index is -3.86. The fourth-order valence-electron chi connectivity index (χ4n) is 3.67. The maximum absolute atomic E-state index is 13.1. The van der Waals surface area contributed by atoms with E-state index >= 15 is 0 Å². The van der Waals surface area contributed by atoms with Crippen LogP contribution >= 0.6 is 11.3 Å². The van der Waals surface area contributed by atoms with Gasteiger partial charge in [-0.1, -0.05) is 17.4 Å². The van der Waals surface area contributed by atoms with Gasteiger partial charge in [-0.15, -0.1) is 0 Å². The van der Waals surface area contributed by atoms with Gasteiger partial charge in [0.25, 0.3) is 15.9 Å². The van der Waals surface area contributed by atoms with E-state index < -0.39 is 15.9 Å². The Bertz CT molecular complexity index is 1590. The third-order valence-electron chi connectivity index (χ3n) is 5.44. The highest BCUT2D eigenvalue weighted by atomic mass is 32.2. The van der Waals surface area contributed by atoms with Crippen LogP contribution in [0.3, 0.4) is 0 Å². The number of thiazole rings is 1. The first-order valence-electron chi connectivity index (χ1n) is 10.9. The second-order valence-electron chi connectivity index (χ2n) is 7.56. The number of nitrogens with one attached hydrogen (secondary N) is 1. The number of aromatic nitrogens is 1. The molecular formula is C25H25N3O6S2. The average Bonchev–Trinajstić information content (AvgIpc) is 3.26. The molecule has 0 fully saturated rings. The predicted molar refractivity (Wildman–Crippen MR) is 139 cm³/mol. The number of rotatable bonds is 8. The number of sulfonamides is 1. The summed E-state index contributed by atoms with van der Waals surface area (Å²) in [6, 6.07) is 15.8. The topological polar surface area (TPSA) is 108 Å². The molecule has 0 spiro atoms. The Morgan fingerprint density at radius 1 is 0.972 bits per heavy atom. The van der Waals surface area contributed by atoms with E-state index in [-0.39, 0.29) is 16.1 Å². The maximum atomic E-state index is 13.1. The van der Waals surface area contributed by atoms with Crippen molar-refractivity contribution in [2.24, 2.45) is 4.99 Å². The van der Waals surface area contributed by atoms with Crippen molar-refractivity contribution in [2.45, 2.75) is 18.4 Å². The maximum Gasteiger partial charge on any atom is 0.279 e. The van der Waals surface area contributed by atoms with E-state index in [4.69, 9.17) is 14.2 Å². The second-order valence-corrected chi connectivity index (χ2v) is 10.2. The Morgan fingerprint density at radius 2 is 1.67 bits per heavy atom. The number of nitrogens with zero attached hydrogens (tertiary/aromatic N) is 2. The van der Waals surface area contributed by atoms with Gasteiger partial charge in [-0.2, -0.15) is 4.99 Å². The van der Waals surface area contributed by atoms with Crippen molar-refractivity contribution in [3.63, 3.8) is 0 Å². The SMILES string of the molecule is CCn1c(=NC(=O)c2cccc(NS(=O)(=O)c3ccc(OC)cc3)c2)sc2c(OC)ccc(OC)c21. The van der Waals surface area contributed by atoms with Gasteiger partial charge in [-0.3, -0.25) is 9.52 Å². The molecule has 188 valence electrons. The van der Waals surface area contributed by atoms with E-state index in [1.807, 2.05) is 23.6 Å². The molecule has 3 aromatic carbocycles. The molecule has 36 heavy (non-hydrogen) atoms. The Balaban J connectivity index is 1.69. The number of benzene rings is 3. The molecule has 1 heterocycles. The number of aryl methyl sites for hydroxylation is 1. The molecule has 4 aromatic rings. The fourth-order valence-corrected chi connectivity index (χ4v) is 5.92. The number of hydrogen-bond acceptors (Lipinski definition) is 7. The Hall–Kier alpha value is -3.83. The summed E-state index contributed by atoms with van der Waals surface area (Å²) in [4.78, 5) is 18.0. The molecule has 0 aliphatic rings. The largest absolute Gasteiger partial charge is 0.497 e. The van der Waals surface area contributed by atoms with Crippen molar-refractivity contribution in [1.29, 1.82) is 0 Å². The first kappa shape index (κ1) is 25.3. The van der Waals surface area contributed by atoms with Gasteiger partial charge in [0.05, 0.1) is 26.2 Å². The molecule has 0 aliphatic carbocycles. The van der Waals surface area contributed by atoms with E-state index in [1.54, 1.807) is 44.6 Å². The summed E-state index contributed by atoms with van der Waals surface area (Å²) in [6.07, 6.45) is 0.